The lowest BCUT2D eigenvalue weighted by Crippen LogP contribution is -1.92. The summed E-state index contributed by atoms with van der Waals surface area (Å²) in [7, 11) is 0. The highest BCUT2D eigenvalue weighted by atomic mass is 32.1. The van der Waals surface area contributed by atoms with E-state index in [0.29, 0.717) is 5.75 Å². The maximum absolute atomic E-state index is 4.27. The highest BCUT2D eigenvalue weighted by molar-refractivity contribution is 7.79. The van der Waals surface area contributed by atoms with E-state index in [-0.39, 0.29) is 0 Å². The van der Waals surface area contributed by atoms with Crippen LogP contribution in [-0.2, 0) is 5.75 Å². The van der Waals surface area contributed by atoms with E-state index in [0.717, 1.165) is 17.2 Å². The zero-order valence-corrected chi connectivity index (χ0v) is 7.62. The normalized spacial score (nSPS) is 10.8. The second kappa shape index (κ2) is 2.79. The van der Waals surface area contributed by atoms with Gasteiger partial charge in [0.1, 0.15) is 0 Å². The second-order valence-corrected chi connectivity index (χ2v) is 2.94. The zero-order valence-electron chi connectivity index (χ0n) is 6.73. The molecule has 2 aromatic rings. The van der Waals surface area contributed by atoms with E-state index in [1.807, 2.05) is 29.6 Å². The minimum absolute atomic E-state index is 0.584. The van der Waals surface area contributed by atoms with Gasteiger partial charge in [0, 0.05) is 5.69 Å². The third-order valence-electron chi connectivity index (χ3n) is 1.73. The molecule has 0 fully saturated rings. The summed E-state index contributed by atoms with van der Waals surface area (Å²) in [6, 6.07) is 5.92. The molecule has 0 spiro atoms. The van der Waals surface area contributed by atoms with Crippen molar-refractivity contribution in [1.82, 2.24) is 14.6 Å². The Balaban J connectivity index is 2.74. The first-order chi connectivity index (χ1) is 5.81. The topological polar surface area (TPSA) is 30.2 Å². The minimum atomic E-state index is 0.584. The fourth-order valence-corrected chi connectivity index (χ4v) is 1.28. The van der Waals surface area contributed by atoms with Crippen molar-refractivity contribution in [2.24, 2.45) is 0 Å². The summed E-state index contributed by atoms with van der Waals surface area (Å²) < 4.78 is 1.82. The fourth-order valence-electron chi connectivity index (χ4n) is 1.15. The summed E-state index contributed by atoms with van der Waals surface area (Å²) in [5, 5.41) is 4.26. The summed E-state index contributed by atoms with van der Waals surface area (Å²) in [6.45, 7) is 2.00. The SMILES string of the molecule is Cc1cccc2nc(CS)nn12. The first-order valence-electron chi connectivity index (χ1n) is 3.73. The number of hydrogen-bond donors (Lipinski definition) is 1. The molecular formula is C8H9N3S. The highest BCUT2D eigenvalue weighted by Gasteiger charge is 2.01. The first kappa shape index (κ1) is 7.61. The number of hydrogen-bond acceptors (Lipinski definition) is 3. The maximum atomic E-state index is 4.27. The largest absolute Gasteiger partial charge is 0.218 e. The van der Waals surface area contributed by atoms with Crippen molar-refractivity contribution < 1.29 is 0 Å². The number of aromatic nitrogens is 3. The Morgan fingerprint density at radius 3 is 3.00 bits per heavy atom. The molecule has 0 amide bonds. The van der Waals surface area contributed by atoms with Crippen LogP contribution in [0.5, 0.6) is 0 Å². The lowest BCUT2D eigenvalue weighted by molar-refractivity contribution is 0.888. The molecule has 2 rings (SSSR count). The Kier molecular flexibility index (Phi) is 1.77. The van der Waals surface area contributed by atoms with Gasteiger partial charge in [-0.1, -0.05) is 6.07 Å². The van der Waals surface area contributed by atoms with Gasteiger partial charge in [0.25, 0.3) is 0 Å². The summed E-state index contributed by atoms with van der Waals surface area (Å²) in [6.07, 6.45) is 0. The van der Waals surface area contributed by atoms with Gasteiger partial charge < -0.3 is 0 Å². The third kappa shape index (κ3) is 1.08. The molecule has 62 valence electrons. The van der Waals surface area contributed by atoms with Crippen molar-refractivity contribution >= 4 is 18.3 Å². The molecule has 0 unspecified atom stereocenters. The standard InChI is InChI=1S/C8H9N3S/c1-6-3-2-4-8-9-7(5-12)10-11(6)8/h2-4,12H,5H2,1H3. The van der Waals surface area contributed by atoms with Gasteiger partial charge >= 0.3 is 0 Å². The monoisotopic (exact) mass is 179 g/mol. The predicted molar refractivity (Wildman–Crippen MR) is 50.4 cm³/mol. The molecular weight excluding hydrogens is 170 g/mol. The van der Waals surface area contributed by atoms with Gasteiger partial charge in [0.2, 0.25) is 0 Å². The van der Waals surface area contributed by atoms with Crippen LogP contribution >= 0.6 is 12.6 Å². The molecule has 12 heavy (non-hydrogen) atoms. The molecule has 0 N–H and O–H groups in total. The summed E-state index contributed by atoms with van der Waals surface area (Å²) in [4.78, 5) is 4.27. The Labute approximate surface area is 75.8 Å². The number of aryl methyl sites for hydroxylation is 1. The van der Waals surface area contributed by atoms with Gasteiger partial charge in [-0.2, -0.15) is 17.7 Å². The Bertz CT molecular complexity index is 408. The smallest absolute Gasteiger partial charge is 0.161 e. The average molecular weight is 179 g/mol. The number of rotatable bonds is 1. The molecule has 0 bridgehead atoms. The molecule has 0 saturated carbocycles. The van der Waals surface area contributed by atoms with Crippen molar-refractivity contribution in [2.45, 2.75) is 12.7 Å². The molecule has 0 saturated heterocycles. The van der Waals surface area contributed by atoms with Crippen molar-refractivity contribution in [3.8, 4) is 0 Å². The molecule has 2 heterocycles. The van der Waals surface area contributed by atoms with Gasteiger partial charge in [-0.25, -0.2) is 9.50 Å². The zero-order chi connectivity index (χ0) is 8.55. The van der Waals surface area contributed by atoms with Crippen molar-refractivity contribution in [3.05, 3.63) is 29.7 Å². The predicted octanol–water partition coefficient (Wildman–Crippen LogP) is 1.47. The van der Waals surface area contributed by atoms with E-state index in [9.17, 15) is 0 Å². The first-order valence-corrected chi connectivity index (χ1v) is 4.36. The van der Waals surface area contributed by atoms with Crippen LogP contribution in [-0.4, -0.2) is 14.6 Å². The quantitative estimate of drug-likeness (QED) is 0.672. The van der Waals surface area contributed by atoms with Gasteiger partial charge in [-0.05, 0) is 19.1 Å². The van der Waals surface area contributed by atoms with E-state index in [1.165, 1.54) is 0 Å². The van der Waals surface area contributed by atoms with Crippen molar-refractivity contribution in [3.63, 3.8) is 0 Å². The molecule has 4 heteroatoms. The van der Waals surface area contributed by atoms with Crippen LogP contribution in [0.4, 0.5) is 0 Å². The summed E-state index contributed by atoms with van der Waals surface area (Å²) in [5.41, 5.74) is 1.98. The number of thiol groups is 1. The van der Waals surface area contributed by atoms with Crippen molar-refractivity contribution in [1.29, 1.82) is 0 Å². The molecule has 2 aromatic heterocycles. The number of pyridine rings is 1. The van der Waals surface area contributed by atoms with Crippen LogP contribution in [0.25, 0.3) is 5.65 Å². The maximum Gasteiger partial charge on any atom is 0.161 e. The molecule has 0 aliphatic rings. The van der Waals surface area contributed by atoms with Crippen LogP contribution in [0.1, 0.15) is 11.5 Å². The third-order valence-corrected chi connectivity index (χ3v) is 2.02. The Hall–Kier alpha value is -1.03. The lowest BCUT2D eigenvalue weighted by atomic mass is 10.4. The van der Waals surface area contributed by atoms with E-state index in [4.69, 9.17) is 0 Å². The summed E-state index contributed by atoms with van der Waals surface area (Å²) >= 11 is 4.12. The lowest BCUT2D eigenvalue weighted by Gasteiger charge is -1.93. The van der Waals surface area contributed by atoms with Crippen molar-refractivity contribution in [2.75, 3.05) is 0 Å². The van der Waals surface area contributed by atoms with Gasteiger partial charge in [-0.3, -0.25) is 0 Å². The van der Waals surface area contributed by atoms with Crippen LogP contribution in [0.2, 0.25) is 0 Å². The average Bonchev–Trinajstić information content (AvgIpc) is 2.49. The minimum Gasteiger partial charge on any atom is -0.218 e. The number of fused-ring (bicyclic) bond motifs is 1. The Morgan fingerprint density at radius 2 is 2.33 bits per heavy atom. The van der Waals surface area contributed by atoms with Gasteiger partial charge in [0.05, 0.1) is 5.75 Å². The fraction of sp³-hybridized carbons (Fsp3) is 0.250. The highest BCUT2D eigenvalue weighted by Crippen LogP contribution is 2.05. The van der Waals surface area contributed by atoms with Crippen LogP contribution in [0.3, 0.4) is 0 Å². The van der Waals surface area contributed by atoms with E-state index >= 15 is 0 Å². The molecule has 3 nitrogen and oxygen atoms in total. The van der Waals surface area contributed by atoms with E-state index < -0.39 is 0 Å². The summed E-state index contributed by atoms with van der Waals surface area (Å²) in [5.74, 6) is 1.36. The molecule has 0 radical (unpaired) electrons. The number of nitrogens with zero attached hydrogens (tertiary/aromatic N) is 3. The van der Waals surface area contributed by atoms with Crippen LogP contribution in [0.15, 0.2) is 18.2 Å². The van der Waals surface area contributed by atoms with Crippen LogP contribution in [0, 0.1) is 6.92 Å². The molecule has 0 aliphatic carbocycles. The van der Waals surface area contributed by atoms with E-state index in [1.54, 1.807) is 0 Å². The molecule has 0 aromatic carbocycles. The van der Waals surface area contributed by atoms with Crippen LogP contribution < -0.4 is 0 Å². The Morgan fingerprint density at radius 1 is 1.50 bits per heavy atom. The molecule has 0 aliphatic heterocycles. The second-order valence-electron chi connectivity index (χ2n) is 2.62. The van der Waals surface area contributed by atoms with E-state index in [2.05, 4.69) is 22.7 Å². The molecule has 0 atom stereocenters. The van der Waals surface area contributed by atoms with Gasteiger partial charge in [0.15, 0.2) is 11.5 Å². The van der Waals surface area contributed by atoms with Gasteiger partial charge in [-0.15, -0.1) is 0 Å².